The SMILES string of the molecule is COc1nc(NN)nc(NCCC2CCOC2)n1. The van der Waals surface area contributed by atoms with Crippen molar-refractivity contribution in [2.75, 3.05) is 37.6 Å². The molecule has 0 saturated carbocycles. The number of methoxy groups -OCH3 is 1. The van der Waals surface area contributed by atoms with E-state index >= 15 is 0 Å². The molecule has 0 radical (unpaired) electrons. The van der Waals surface area contributed by atoms with Gasteiger partial charge in [0.1, 0.15) is 0 Å². The van der Waals surface area contributed by atoms with Gasteiger partial charge in [0, 0.05) is 19.8 Å². The van der Waals surface area contributed by atoms with Crippen molar-refractivity contribution in [3.63, 3.8) is 0 Å². The summed E-state index contributed by atoms with van der Waals surface area (Å²) in [7, 11) is 1.50. The van der Waals surface area contributed by atoms with Crippen LogP contribution in [0.2, 0.25) is 0 Å². The van der Waals surface area contributed by atoms with Crippen LogP contribution in [0, 0.1) is 5.92 Å². The van der Waals surface area contributed by atoms with Gasteiger partial charge in [0.05, 0.1) is 7.11 Å². The second kappa shape index (κ2) is 6.31. The van der Waals surface area contributed by atoms with Gasteiger partial charge in [0.25, 0.3) is 0 Å². The van der Waals surface area contributed by atoms with Gasteiger partial charge < -0.3 is 14.8 Å². The first kappa shape index (κ1) is 12.8. The first-order valence-corrected chi connectivity index (χ1v) is 5.90. The maximum atomic E-state index is 5.32. The third kappa shape index (κ3) is 3.41. The van der Waals surface area contributed by atoms with Crippen LogP contribution in [-0.4, -0.2) is 41.8 Å². The summed E-state index contributed by atoms with van der Waals surface area (Å²) in [5.41, 5.74) is 2.37. The van der Waals surface area contributed by atoms with Crippen LogP contribution in [0.4, 0.5) is 11.9 Å². The summed E-state index contributed by atoms with van der Waals surface area (Å²) in [4.78, 5) is 12.1. The van der Waals surface area contributed by atoms with Crippen molar-refractivity contribution in [1.29, 1.82) is 0 Å². The molecule has 18 heavy (non-hydrogen) atoms. The smallest absolute Gasteiger partial charge is 0.322 e. The van der Waals surface area contributed by atoms with Crippen LogP contribution in [0.25, 0.3) is 0 Å². The normalized spacial score (nSPS) is 18.7. The average molecular weight is 254 g/mol. The number of nitrogens with two attached hydrogens (primary N) is 1. The molecule has 1 aliphatic rings. The van der Waals surface area contributed by atoms with Crippen LogP contribution in [0.3, 0.4) is 0 Å². The Morgan fingerprint density at radius 1 is 1.39 bits per heavy atom. The average Bonchev–Trinajstić information content (AvgIpc) is 2.91. The maximum absolute atomic E-state index is 5.32. The summed E-state index contributed by atoms with van der Waals surface area (Å²) in [6.07, 6.45) is 2.15. The first-order chi connectivity index (χ1) is 8.81. The second-order valence-corrected chi connectivity index (χ2v) is 4.06. The monoisotopic (exact) mass is 254 g/mol. The van der Waals surface area contributed by atoms with E-state index < -0.39 is 0 Å². The lowest BCUT2D eigenvalue weighted by atomic mass is 10.1. The van der Waals surface area contributed by atoms with Gasteiger partial charge >= 0.3 is 6.01 Å². The Balaban J connectivity index is 1.87. The molecule has 1 fully saturated rings. The molecule has 8 nitrogen and oxygen atoms in total. The molecule has 1 aromatic heterocycles. The van der Waals surface area contributed by atoms with Crippen molar-refractivity contribution in [2.45, 2.75) is 12.8 Å². The Morgan fingerprint density at radius 2 is 2.22 bits per heavy atom. The topological polar surface area (TPSA) is 107 Å². The van der Waals surface area contributed by atoms with Crippen LogP contribution in [0.5, 0.6) is 6.01 Å². The van der Waals surface area contributed by atoms with Crippen LogP contribution in [0.1, 0.15) is 12.8 Å². The maximum Gasteiger partial charge on any atom is 0.322 e. The predicted molar refractivity (Wildman–Crippen MR) is 66.2 cm³/mol. The number of nitrogens with zero attached hydrogens (tertiary/aromatic N) is 3. The minimum absolute atomic E-state index is 0.227. The van der Waals surface area contributed by atoms with E-state index in [2.05, 4.69) is 25.7 Å². The zero-order valence-corrected chi connectivity index (χ0v) is 10.3. The molecule has 0 aliphatic carbocycles. The van der Waals surface area contributed by atoms with E-state index in [0.717, 1.165) is 32.6 Å². The van der Waals surface area contributed by atoms with Crippen molar-refractivity contribution >= 4 is 11.9 Å². The highest BCUT2D eigenvalue weighted by atomic mass is 16.5. The van der Waals surface area contributed by atoms with Gasteiger partial charge in [-0.15, -0.1) is 0 Å². The number of rotatable bonds is 6. The quantitative estimate of drug-likeness (QED) is 0.481. The molecule has 1 saturated heterocycles. The van der Waals surface area contributed by atoms with Gasteiger partial charge in [-0.3, -0.25) is 5.43 Å². The van der Waals surface area contributed by atoms with Crippen molar-refractivity contribution in [3.8, 4) is 6.01 Å². The molecule has 100 valence electrons. The minimum Gasteiger partial charge on any atom is -0.467 e. The van der Waals surface area contributed by atoms with Crippen molar-refractivity contribution in [1.82, 2.24) is 15.0 Å². The zero-order valence-electron chi connectivity index (χ0n) is 10.3. The molecule has 2 rings (SSSR count). The number of hydrogen-bond acceptors (Lipinski definition) is 8. The van der Waals surface area contributed by atoms with Crippen molar-refractivity contribution in [2.24, 2.45) is 11.8 Å². The Hall–Kier alpha value is -1.67. The molecule has 0 amide bonds. The van der Waals surface area contributed by atoms with Gasteiger partial charge in [0.2, 0.25) is 11.9 Å². The molecule has 0 spiro atoms. The van der Waals surface area contributed by atoms with E-state index in [1.165, 1.54) is 7.11 Å². The number of hydrazine groups is 1. The molecule has 8 heteroatoms. The fraction of sp³-hybridized carbons (Fsp3) is 0.700. The highest BCUT2D eigenvalue weighted by Gasteiger charge is 2.15. The van der Waals surface area contributed by atoms with Crippen molar-refractivity contribution in [3.05, 3.63) is 0 Å². The standard InChI is InChI=1S/C10H18N6O2/c1-17-10-14-8(13-9(15-10)16-11)12-4-2-7-3-5-18-6-7/h7H,2-6,11H2,1H3,(H2,12,13,14,15,16). The summed E-state index contributed by atoms with van der Waals surface area (Å²) >= 11 is 0. The molecule has 2 heterocycles. The lowest BCUT2D eigenvalue weighted by Gasteiger charge is -2.09. The lowest BCUT2D eigenvalue weighted by Crippen LogP contribution is -2.15. The highest BCUT2D eigenvalue weighted by Crippen LogP contribution is 2.16. The summed E-state index contributed by atoms with van der Waals surface area (Å²) in [5, 5.41) is 3.13. The molecule has 1 aliphatic heterocycles. The minimum atomic E-state index is 0.227. The van der Waals surface area contributed by atoms with Gasteiger partial charge in [0.15, 0.2) is 0 Å². The number of hydrogen-bond donors (Lipinski definition) is 3. The fourth-order valence-corrected chi connectivity index (χ4v) is 1.79. The van der Waals surface area contributed by atoms with E-state index in [0.29, 0.717) is 11.9 Å². The molecule has 0 bridgehead atoms. The number of nitrogen functional groups attached to an aromatic ring is 1. The van der Waals surface area contributed by atoms with Gasteiger partial charge in [-0.05, 0) is 18.8 Å². The summed E-state index contributed by atoms with van der Waals surface area (Å²) in [5.74, 6) is 6.61. The molecule has 1 aromatic rings. The molecular formula is C10H18N6O2. The van der Waals surface area contributed by atoms with Crippen molar-refractivity contribution < 1.29 is 9.47 Å². The Kier molecular flexibility index (Phi) is 4.48. The van der Waals surface area contributed by atoms with E-state index in [1.807, 2.05) is 0 Å². The summed E-state index contributed by atoms with van der Waals surface area (Å²) < 4.78 is 10.3. The van der Waals surface area contributed by atoms with Crippen LogP contribution < -0.4 is 21.3 Å². The number of ether oxygens (including phenoxy) is 2. The van der Waals surface area contributed by atoms with E-state index in [1.54, 1.807) is 0 Å². The molecule has 1 atom stereocenters. The zero-order chi connectivity index (χ0) is 12.8. The molecule has 4 N–H and O–H groups in total. The van der Waals surface area contributed by atoms with E-state index in [4.69, 9.17) is 15.3 Å². The number of nitrogens with one attached hydrogen (secondary N) is 2. The summed E-state index contributed by atoms with van der Waals surface area (Å²) in [6.45, 7) is 2.49. The van der Waals surface area contributed by atoms with Gasteiger partial charge in [-0.25, -0.2) is 5.84 Å². The van der Waals surface area contributed by atoms with Crippen LogP contribution in [-0.2, 0) is 4.74 Å². The number of anilines is 2. The highest BCUT2D eigenvalue weighted by molar-refractivity contribution is 5.34. The second-order valence-electron chi connectivity index (χ2n) is 4.06. The number of aromatic nitrogens is 3. The van der Waals surface area contributed by atoms with Crippen LogP contribution in [0.15, 0.2) is 0 Å². The van der Waals surface area contributed by atoms with Crippen LogP contribution >= 0.6 is 0 Å². The molecular weight excluding hydrogens is 236 g/mol. The largest absolute Gasteiger partial charge is 0.467 e. The van der Waals surface area contributed by atoms with E-state index in [9.17, 15) is 0 Å². The predicted octanol–water partition coefficient (Wildman–Crippen LogP) is 0.00430. The lowest BCUT2D eigenvalue weighted by molar-refractivity contribution is 0.185. The summed E-state index contributed by atoms with van der Waals surface area (Å²) in [6, 6.07) is 0.227. The first-order valence-electron chi connectivity index (χ1n) is 5.90. The van der Waals surface area contributed by atoms with Gasteiger partial charge in [-0.2, -0.15) is 15.0 Å². The van der Waals surface area contributed by atoms with Gasteiger partial charge in [-0.1, -0.05) is 0 Å². The third-order valence-electron chi connectivity index (χ3n) is 2.79. The molecule has 0 aromatic carbocycles. The third-order valence-corrected chi connectivity index (χ3v) is 2.79. The Labute approximate surface area is 105 Å². The Morgan fingerprint density at radius 3 is 2.89 bits per heavy atom. The molecule has 1 unspecified atom stereocenters. The fourth-order valence-electron chi connectivity index (χ4n) is 1.79. The van der Waals surface area contributed by atoms with E-state index in [-0.39, 0.29) is 12.0 Å². The Bertz CT molecular complexity index is 360.